The van der Waals surface area contributed by atoms with Crippen LogP contribution in [0.15, 0.2) is 72.1 Å². The summed E-state index contributed by atoms with van der Waals surface area (Å²) in [5.74, 6) is 0. The number of benzene rings is 2. The third-order valence-electron chi connectivity index (χ3n) is 3.53. The predicted molar refractivity (Wildman–Crippen MR) is 85.6 cm³/mol. The molecule has 0 N–H and O–H groups in total. The summed E-state index contributed by atoms with van der Waals surface area (Å²) < 4.78 is 4.06. The molecule has 2 aromatic carbocycles. The molecule has 0 atom stereocenters. The number of rotatable bonds is 3. The molecule has 0 aliphatic carbocycles. The van der Waals surface area contributed by atoms with Crippen LogP contribution in [0.5, 0.6) is 0 Å². The largest absolute Gasteiger partial charge is 0.478 e. The quantitative estimate of drug-likeness (QED) is 0.525. The summed E-state index contributed by atoms with van der Waals surface area (Å²) in [4.78, 5) is 4.41. The Morgan fingerprint density at radius 3 is 2.41 bits per heavy atom. The summed E-state index contributed by atoms with van der Waals surface area (Å²) in [7, 11) is 1.98. The van der Waals surface area contributed by atoms with Gasteiger partial charge in [0.25, 0.3) is 0 Å². The van der Waals surface area contributed by atoms with Gasteiger partial charge in [0.15, 0.2) is 0 Å². The minimum absolute atomic E-state index is 0.782. The van der Waals surface area contributed by atoms with Crippen molar-refractivity contribution in [3.05, 3.63) is 83.7 Å². The first-order valence-electron chi connectivity index (χ1n) is 7.29. The summed E-state index contributed by atoms with van der Waals surface area (Å²) in [6, 6.07) is 18.4. The lowest BCUT2D eigenvalue weighted by molar-refractivity contribution is -0.152. The minimum Gasteiger partial charge on any atom is -0.222 e. The van der Waals surface area contributed by atoms with Crippen LogP contribution in [-0.2, 0) is 13.6 Å². The number of nitrogens with zero attached hydrogens (tertiary/aromatic N) is 4. The molecule has 0 saturated carbocycles. The molecule has 1 aromatic heterocycles. The van der Waals surface area contributed by atoms with Crippen molar-refractivity contribution in [1.82, 2.24) is 9.13 Å². The van der Waals surface area contributed by atoms with Gasteiger partial charge in [-0.15, -0.1) is 4.79 Å². The fourth-order valence-corrected chi connectivity index (χ4v) is 2.26. The average molecular weight is 291 g/mol. The maximum Gasteiger partial charge on any atom is 0.478 e. The molecule has 22 heavy (non-hydrogen) atoms. The highest BCUT2D eigenvalue weighted by Crippen LogP contribution is 2.10. The van der Waals surface area contributed by atoms with E-state index in [-0.39, 0.29) is 0 Å². The highest BCUT2D eigenvalue weighted by atomic mass is 15.2. The van der Waals surface area contributed by atoms with Gasteiger partial charge in [-0.25, -0.2) is 9.13 Å². The number of hydrogen-bond acceptors (Lipinski definition) is 1. The van der Waals surface area contributed by atoms with Gasteiger partial charge < -0.3 is 0 Å². The average Bonchev–Trinajstić information content (AvgIpc) is 2.88. The van der Waals surface area contributed by atoms with Crippen molar-refractivity contribution in [2.75, 3.05) is 0 Å². The lowest BCUT2D eigenvalue weighted by atomic mass is 10.2. The molecule has 0 amide bonds. The van der Waals surface area contributed by atoms with Gasteiger partial charge in [0.1, 0.15) is 5.69 Å². The Hall–Kier alpha value is -2.84. The van der Waals surface area contributed by atoms with Crippen LogP contribution in [0.2, 0.25) is 0 Å². The van der Waals surface area contributed by atoms with Crippen LogP contribution in [0.25, 0.3) is 0 Å². The highest BCUT2D eigenvalue weighted by molar-refractivity contribution is 5.36. The van der Waals surface area contributed by atoms with Gasteiger partial charge in [-0.1, -0.05) is 48.0 Å². The summed E-state index contributed by atoms with van der Waals surface area (Å²) in [5, 5.41) is 4.34. The van der Waals surface area contributed by atoms with E-state index in [1.807, 2.05) is 66.5 Å². The van der Waals surface area contributed by atoms with Crippen molar-refractivity contribution in [1.29, 1.82) is 0 Å². The molecule has 110 valence electrons. The maximum absolute atomic E-state index is 4.41. The third-order valence-corrected chi connectivity index (χ3v) is 3.53. The molecule has 0 unspecified atom stereocenters. The van der Waals surface area contributed by atoms with E-state index in [1.54, 1.807) is 0 Å². The zero-order chi connectivity index (χ0) is 15.4. The summed E-state index contributed by atoms with van der Waals surface area (Å²) >= 11 is 0. The van der Waals surface area contributed by atoms with Gasteiger partial charge in [0.2, 0.25) is 0 Å². The van der Waals surface area contributed by atoms with Crippen molar-refractivity contribution >= 4 is 5.69 Å². The van der Waals surface area contributed by atoms with E-state index in [9.17, 15) is 0 Å². The fraction of sp³-hybridized carbons (Fsp3) is 0.167. The first-order valence-corrected chi connectivity index (χ1v) is 7.29. The van der Waals surface area contributed by atoms with Gasteiger partial charge in [-0.05, 0) is 29.7 Å². The highest BCUT2D eigenvalue weighted by Gasteiger charge is 2.08. The van der Waals surface area contributed by atoms with Crippen LogP contribution < -0.4 is 5.62 Å². The van der Waals surface area contributed by atoms with Crippen LogP contribution in [0.4, 0.5) is 5.69 Å². The number of aromatic nitrogens is 2. The Bertz CT molecular complexity index is 848. The summed E-state index contributed by atoms with van der Waals surface area (Å²) in [5.41, 5.74) is 4.14. The lowest BCUT2D eigenvalue weighted by Gasteiger charge is -1.96. The molecule has 3 aromatic rings. The molecule has 1 heterocycles. The number of aryl methyl sites for hydroxylation is 2. The first-order chi connectivity index (χ1) is 10.7. The van der Waals surface area contributed by atoms with E-state index in [2.05, 4.69) is 33.5 Å². The third kappa shape index (κ3) is 3.25. The molecule has 0 aliphatic heterocycles. The van der Waals surface area contributed by atoms with Gasteiger partial charge in [-0.3, -0.25) is 0 Å². The SMILES string of the molecule is Cc1ccc(N=[N+]=c2n(C)ccn2Cc2ccccc2)cc1. The van der Waals surface area contributed by atoms with Crippen LogP contribution in [0.3, 0.4) is 0 Å². The molecule has 0 aliphatic rings. The monoisotopic (exact) mass is 291 g/mol. The van der Waals surface area contributed by atoms with Crippen molar-refractivity contribution in [2.45, 2.75) is 13.5 Å². The zero-order valence-electron chi connectivity index (χ0n) is 12.8. The Balaban J connectivity index is 1.98. The van der Waals surface area contributed by atoms with E-state index >= 15 is 0 Å². The molecular weight excluding hydrogens is 272 g/mol. The van der Waals surface area contributed by atoms with Gasteiger partial charge in [0.05, 0.1) is 26.0 Å². The standard InChI is InChI=1S/C18H19N4/c1-15-8-10-17(11-9-15)19-20-18-21(2)12-13-22(18)14-16-6-4-3-5-7-16/h3-13H,14H2,1-2H3/q+1. The Morgan fingerprint density at radius 2 is 1.68 bits per heavy atom. The van der Waals surface area contributed by atoms with Crippen molar-refractivity contribution in [3.63, 3.8) is 0 Å². The molecular formula is C18H19N4+. The fourth-order valence-electron chi connectivity index (χ4n) is 2.26. The second-order valence-corrected chi connectivity index (χ2v) is 5.36. The predicted octanol–water partition coefficient (Wildman–Crippen LogP) is 3.08. The lowest BCUT2D eigenvalue weighted by Crippen LogP contribution is -2.25. The van der Waals surface area contributed by atoms with E-state index < -0.39 is 0 Å². The topological polar surface area (TPSA) is 36.3 Å². The zero-order valence-corrected chi connectivity index (χ0v) is 12.8. The molecule has 0 saturated heterocycles. The second-order valence-electron chi connectivity index (χ2n) is 5.36. The second kappa shape index (κ2) is 6.29. The number of imidazole rings is 1. The Kier molecular flexibility index (Phi) is 4.03. The molecule has 0 bridgehead atoms. The Morgan fingerprint density at radius 1 is 0.955 bits per heavy atom. The van der Waals surface area contributed by atoms with Crippen LogP contribution in [0.1, 0.15) is 11.1 Å². The van der Waals surface area contributed by atoms with Crippen molar-refractivity contribution < 1.29 is 4.79 Å². The van der Waals surface area contributed by atoms with E-state index in [0.29, 0.717) is 0 Å². The van der Waals surface area contributed by atoms with E-state index in [0.717, 1.165) is 17.9 Å². The molecule has 0 fully saturated rings. The van der Waals surface area contributed by atoms with Crippen LogP contribution >= 0.6 is 0 Å². The molecule has 3 rings (SSSR count). The molecule has 0 radical (unpaired) electrons. The van der Waals surface area contributed by atoms with Gasteiger partial charge in [0, 0.05) is 0 Å². The van der Waals surface area contributed by atoms with Gasteiger partial charge >= 0.3 is 5.62 Å². The summed E-state index contributed by atoms with van der Waals surface area (Å²) in [6.45, 7) is 2.84. The molecule has 4 heteroatoms. The molecule has 4 nitrogen and oxygen atoms in total. The maximum atomic E-state index is 4.41. The van der Waals surface area contributed by atoms with E-state index in [1.165, 1.54) is 11.1 Å². The summed E-state index contributed by atoms with van der Waals surface area (Å²) in [6.07, 6.45) is 4.02. The normalized spacial score (nSPS) is 10.3. The molecule has 0 spiro atoms. The van der Waals surface area contributed by atoms with E-state index in [4.69, 9.17) is 0 Å². The van der Waals surface area contributed by atoms with Crippen LogP contribution in [-0.4, -0.2) is 13.9 Å². The number of hydrogen-bond donors (Lipinski definition) is 0. The van der Waals surface area contributed by atoms with Crippen molar-refractivity contribution in [2.24, 2.45) is 12.2 Å². The Labute approximate surface area is 129 Å². The van der Waals surface area contributed by atoms with Gasteiger partial charge in [-0.2, -0.15) is 0 Å². The van der Waals surface area contributed by atoms with Crippen LogP contribution in [0, 0.1) is 6.92 Å². The minimum atomic E-state index is 0.782. The first kappa shape index (κ1) is 14.1. The van der Waals surface area contributed by atoms with Crippen molar-refractivity contribution in [3.8, 4) is 0 Å². The smallest absolute Gasteiger partial charge is 0.222 e.